The van der Waals surface area contributed by atoms with Crippen LogP contribution in [0.3, 0.4) is 0 Å². The molecule has 0 unspecified atom stereocenters. The molecule has 0 fully saturated rings. The average molecular weight is 268 g/mol. The second-order valence-electron chi connectivity index (χ2n) is 4.63. The van der Waals surface area contributed by atoms with Crippen molar-refractivity contribution in [2.24, 2.45) is 0 Å². The van der Waals surface area contributed by atoms with Crippen LogP contribution in [0, 0.1) is 6.92 Å². The lowest BCUT2D eigenvalue weighted by Crippen LogP contribution is -1.91. The first-order chi connectivity index (χ1) is 9.72. The summed E-state index contributed by atoms with van der Waals surface area (Å²) in [6.45, 7) is 2.06. The number of aromatic nitrogens is 2. The third kappa shape index (κ3) is 1.99. The number of fused-ring (bicyclic) bond motifs is 1. The molecule has 4 nitrogen and oxygen atoms in total. The first kappa shape index (κ1) is 12.5. The number of H-pyrrole nitrogens is 1. The number of ether oxygens (including phenoxy) is 2. The van der Waals surface area contributed by atoms with Crippen LogP contribution in [0.15, 0.2) is 36.4 Å². The van der Waals surface area contributed by atoms with Gasteiger partial charge in [-0.25, -0.2) is 4.98 Å². The summed E-state index contributed by atoms with van der Waals surface area (Å²) in [5.74, 6) is 2.24. The van der Waals surface area contributed by atoms with E-state index in [1.165, 1.54) is 0 Å². The first-order valence-electron chi connectivity index (χ1n) is 6.40. The Morgan fingerprint density at radius 2 is 1.80 bits per heavy atom. The highest BCUT2D eigenvalue weighted by molar-refractivity contribution is 5.82. The van der Waals surface area contributed by atoms with Crippen LogP contribution in [-0.2, 0) is 0 Å². The van der Waals surface area contributed by atoms with E-state index in [9.17, 15) is 0 Å². The molecule has 1 N–H and O–H groups in total. The fourth-order valence-corrected chi connectivity index (χ4v) is 2.30. The number of aryl methyl sites for hydroxylation is 1. The van der Waals surface area contributed by atoms with Crippen molar-refractivity contribution in [1.29, 1.82) is 0 Å². The molecular formula is C16H16N2O2. The Bertz CT molecular complexity index is 762. The monoisotopic (exact) mass is 268 g/mol. The van der Waals surface area contributed by atoms with Crippen molar-refractivity contribution in [3.05, 3.63) is 42.0 Å². The van der Waals surface area contributed by atoms with Crippen LogP contribution in [0.25, 0.3) is 22.4 Å². The van der Waals surface area contributed by atoms with Gasteiger partial charge in [0.05, 0.1) is 25.3 Å². The van der Waals surface area contributed by atoms with Crippen molar-refractivity contribution < 1.29 is 9.47 Å². The fraction of sp³-hybridized carbons (Fsp3) is 0.188. The molecule has 0 saturated heterocycles. The predicted molar refractivity (Wildman–Crippen MR) is 79.4 cm³/mol. The minimum Gasteiger partial charge on any atom is -0.493 e. The molecule has 3 aromatic rings. The summed E-state index contributed by atoms with van der Waals surface area (Å²) in [5, 5.41) is 0. The van der Waals surface area contributed by atoms with Gasteiger partial charge >= 0.3 is 0 Å². The van der Waals surface area contributed by atoms with Crippen LogP contribution in [0.1, 0.15) is 5.56 Å². The number of methoxy groups -OCH3 is 2. The van der Waals surface area contributed by atoms with Crippen molar-refractivity contribution in [3.63, 3.8) is 0 Å². The van der Waals surface area contributed by atoms with E-state index in [1.54, 1.807) is 14.2 Å². The Labute approximate surface area is 117 Å². The lowest BCUT2D eigenvalue weighted by atomic mass is 10.2. The second-order valence-corrected chi connectivity index (χ2v) is 4.63. The van der Waals surface area contributed by atoms with E-state index in [4.69, 9.17) is 9.47 Å². The topological polar surface area (TPSA) is 47.1 Å². The first-order valence-corrected chi connectivity index (χ1v) is 6.40. The molecule has 0 spiro atoms. The van der Waals surface area contributed by atoms with Crippen LogP contribution < -0.4 is 9.47 Å². The highest BCUT2D eigenvalue weighted by Crippen LogP contribution is 2.32. The van der Waals surface area contributed by atoms with E-state index >= 15 is 0 Å². The lowest BCUT2D eigenvalue weighted by Gasteiger charge is -2.08. The number of imidazole rings is 1. The Morgan fingerprint density at radius 3 is 2.50 bits per heavy atom. The molecule has 0 atom stereocenters. The van der Waals surface area contributed by atoms with Gasteiger partial charge in [0.25, 0.3) is 0 Å². The maximum atomic E-state index is 5.33. The molecule has 0 radical (unpaired) electrons. The number of hydrogen-bond donors (Lipinski definition) is 1. The molecule has 0 bridgehead atoms. The van der Waals surface area contributed by atoms with Gasteiger partial charge in [-0.15, -0.1) is 0 Å². The van der Waals surface area contributed by atoms with E-state index in [1.807, 2.05) is 30.3 Å². The van der Waals surface area contributed by atoms with E-state index in [0.29, 0.717) is 11.5 Å². The standard InChI is InChI=1S/C16H16N2O2/c1-10-5-4-6-12-15(10)18-16(17-12)11-7-8-13(19-2)14(9-11)20-3/h4-9H,1-3H3,(H,17,18). The van der Waals surface area contributed by atoms with E-state index in [0.717, 1.165) is 28.0 Å². The lowest BCUT2D eigenvalue weighted by molar-refractivity contribution is 0.355. The highest BCUT2D eigenvalue weighted by atomic mass is 16.5. The quantitative estimate of drug-likeness (QED) is 0.790. The molecule has 3 rings (SSSR count). The molecule has 0 aliphatic rings. The van der Waals surface area contributed by atoms with Crippen LogP contribution >= 0.6 is 0 Å². The summed E-state index contributed by atoms with van der Waals surface area (Å²) >= 11 is 0. The Hall–Kier alpha value is -2.49. The van der Waals surface area contributed by atoms with Crippen LogP contribution in [-0.4, -0.2) is 24.2 Å². The summed E-state index contributed by atoms with van der Waals surface area (Å²) in [6, 6.07) is 11.9. The third-order valence-electron chi connectivity index (χ3n) is 3.37. The van der Waals surface area contributed by atoms with Crippen LogP contribution in [0.5, 0.6) is 11.5 Å². The Morgan fingerprint density at radius 1 is 1.00 bits per heavy atom. The van der Waals surface area contributed by atoms with E-state index in [2.05, 4.69) is 23.0 Å². The molecule has 20 heavy (non-hydrogen) atoms. The molecule has 2 aromatic carbocycles. The molecule has 0 saturated carbocycles. The normalized spacial score (nSPS) is 10.8. The van der Waals surface area contributed by atoms with Gasteiger partial charge in [-0.3, -0.25) is 0 Å². The number of rotatable bonds is 3. The van der Waals surface area contributed by atoms with E-state index in [-0.39, 0.29) is 0 Å². The van der Waals surface area contributed by atoms with Crippen molar-refractivity contribution in [2.45, 2.75) is 6.92 Å². The highest BCUT2D eigenvalue weighted by Gasteiger charge is 2.10. The molecule has 0 amide bonds. The van der Waals surface area contributed by atoms with Crippen LogP contribution in [0.2, 0.25) is 0 Å². The SMILES string of the molecule is COc1ccc(-c2nc3c(C)cccc3[nH]2)cc1OC. The maximum absolute atomic E-state index is 5.33. The zero-order valence-electron chi connectivity index (χ0n) is 11.7. The van der Waals surface area contributed by atoms with Gasteiger partial charge in [-0.2, -0.15) is 0 Å². The summed E-state index contributed by atoms with van der Waals surface area (Å²) in [7, 11) is 3.26. The maximum Gasteiger partial charge on any atom is 0.161 e. The number of nitrogens with one attached hydrogen (secondary N) is 1. The summed E-state index contributed by atoms with van der Waals surface area (Å²) in [6.07, 6.45) is 0. The van der Waals surface area contributed by atoms with Gasteiger partial charge in [0.15, 0.2) is 11.5 Å². The van der Waals surface area contributed by atoms with Gasteiger partial charge in [0.2, 0.25) is 0 Å². The third-order valence-corrected chi connectivity index (χ3v) is 3.37. The predicted octanol–water partition coefficient (Wildman–Crippen LogP) is 3.56. The number of para-hydroxylation sites is 1. The van der Waals surface area contributed by atoms with Gasteiger partial charge < -0.3 is 14.5 Å². The number of benzene rings is 2. The van der Waals surface area contributed by atoms with Crippen molar-refractivity contribution >= 4 is 11.0 Å². The second kappa shape index (κ2) is 4.89. The Balaban J connectivity index is 2.13. The molecular weight excluding hydrogens is 252 g/mol. The smallest absolute Gasteiger partial charge is 0.161 e. The minimum atomic E-state index is 0.696. The zero-order chi connectivity index (χ0) is 14.1. The van der Waals surface area contributed by atoms with E-state index < -0.39 is 0 Å². The average Bonchev–Trinajstić information content (AvgIpc) is 2.92. The number of aromatic amines is 1. The largest absolute Gasteiger partial charge is 0.493 e. The molecule has 0 aliphatic carbocycles. The number of hydrogen-bond acceptors (Lipinski definition) is 3. The van der Waals surface area contributed by atoms with Crippen molar-refractivity contribution in [3.8, 4) is 22.9 Å². The summed E-state index contributed by atoms with van der Waals surface area (Å²) < 4.78 is 10.6. The van der Waals surface area contributed by atoms with Crippen molar-refractivity contribution in [2.75, 3.05) is 14.2 Å². The molecule has 1 heterocycles. The fourth-order valence-electron chi connectivity index (χ4n) is 2.30. The van der Waals surface area contributed by atoms with Gasteiger partial charge in [0.1, 0.15) is 5.82 Å². The van der Waals surface area contributed by atoms with Gasteiger partial charge in [-0.1, -0.05) is 12.1 Å². The van der Waals surface area contributed by atoms with Gasteiger partial charge in [0, 0.05) is 5.56 Å². The molecule has 4 heteroatoms. The molecule has 102 valence electrons. The zero-order valence-corrected chi connectivity index (χ0v) is 11.7. The number of nitrogens with zero attached hydrogens (tertiary/aromatic N) is 1. The molecule has 0 aliphatic heterocycles. The van der Waals surface area contributed by atoms with Crippen LogP contribution in [0.4, 0.5) is 0 Å². The minimum absolute atomic E-state index is 0.696. The van der Waals surface area contributed by atoms with Gasteiger partial charge in [-0.05, 0) is 36.8 Å². The Kier molecular flexibility index (Phi) is 3.06. The summed E-state index contributed by atoms with van der Waals surface area (Å²) in [4.78, 5) is 8.00. The summed E-state index contributed by atoms with van der Waals surface area (Å²) in [5.41, 5.74) is 4.16. The van der Waals surface area contributed by atoms with Crippen molar-refractivity contribution in [1.82, 2.24) is 9.97 Å². The molecule has 1 aromatic heterocycles.